The van der Waals surface area contributed by atoms with Crippen molar-refractivity contribution in [3.05, 3.63) is 71.8 Å². The number of hydrogen-bond acceptors (Lipinski definition) is 2. The summed E-state index contributed by atoms with van der Waals surface area (Å²) in [5.74, 6) is 0.139. The monoisotopic (exact) mass is 382 g/mol. The lowest BCUT2D eigenvalue weighted by molar-refractivity contribution is -0.138. The number of alkyl halides is 6. The molecule has 0 unspecified atom stereocenters. The van der Waals surface area contributed by atoms with Gasteiger partial charge in [0.25, 0.3) is 0 Å². The molecule has 0 aliphatic heterocycles. The van der Waals surface area contributed by atoms with Gasteiger partial charge in [0.05, 0.1) is 16.8 Å². The Hall–Kier alpha value is -3.03. The van der Waals surface area contributed by atoms with Gasteiger partial charge in [-0.3, -0.25) is 0 Å². The van der Waals surface area contributed by atoms with Crippen LogP contribution in [-0.2, 0) is 12.4 Å². The molecule has 2 nitrogen and oxygen atoms in total. The van der Waals surface area contributed by atoms with Gasteiger partial charge in [-0.1, -0.05) is 24.3 Å². The molecule has 0 aliphatic rings. The Kier molecular flexibility index (Phi) is 4.59. The van der Waals surface area contributed by atoms with Crippen molar-refractivity contribution in [3.63, 3.8) is 0 Å². The molecule has 0 aliphatic carbocycles. The molecule has 2 aromatic carbocycles. The van der Waals surface area contributed by atoms with Crippen LogP contribution in [0.15, 0.2) is 60.7 Å². The van der Waals surface area contributed by atoms with E-state index in [1.54, 1.807) is 6.07 Å². The first kappa shape index (κ1) is 18.8. The van der Waals surface area contributed by atoms with Gasteiger partial charge >= 0.3 is 12.4 Å². The van der Waals surface area contributed by atoms with Gasteiger partial charge in [-0.2, -0.15) is 26.3 Å². The molecule has 2 N–H and O–H groups in total. The molecule has 140 valence electrons. The summed E-state index contributed by atoms with van der Waals surface area (Å²) in [5, 5.41) is 0. The number of benzene rings is 2. The Morgan fingerprint density at radius 3 is 1.48 bits per heavy atom. The molecule has 0 amide bonds. The van der Waals surface area contributed by atoms with E-state index in [9.17, 15) is 26.3 Å². The van der Waals surface area contributed by atoms with Gasteiger partial charge in [0.1, 0.15) is 5.82 Å². The summed E-state index contributed by atoms with van der Waals surface area (Å²) in [6.07, 6.45) is -8.94. The number of anilines is 1. The van der Waals surface area contributed by atoms with Crippen LogP contribution in [-0.4, -0.2) is 4.98 Å². The maximum Gasteiger partial charge on any atom is 0.416 e. The Morgan fingerprint density at radius 2 is 1.04 bits per heavy atom. The first-order chi connectivity index (χ1) is 12.6. The van der Waals surface area contributed by atoms with Crippen molar-refractivity contribution >= 4 is 5.82 Å². The van der Waals surface area contributed by atoms with Crippen LogP contribution in [0.3, 0.4) is 0 Å². The highest BCUT2D eigenvalue weighted by Gasteiger charge is 2.31. The van der Waals surface area contributed by atoms with E-state index in [0.29, 0.717) is 16.7 Å². The number of nitrogens with two attached hydrogens (primary N) is 1. The lowest BCUT2D eigenvalue weighted by Crippen LogP contribution is -2.05. The van der Waals surface area contributed by atoms with E-state index < -0.39 is 23.5 Å². The molecule has 27 heavy (non-hydrogen) atoms. The van der Waals surface area contributed by atoms with Crippen LogP contribution in [0.5, 0.6) is 0 Å². The van der Waals surface area contributed by atoms with Crippen molar-refractivity contribution in [1.29, 1.82) is 0 Å². The summed E-state index contributed by atoms with van der Waals surface area (Å²) >= 11 is 0. The summed E-state index contributed by atoms with van der Waals surface area (Å²) in [4.78, 5) is 4.16. The van der Waals surface area contributed by atoms with Gasteiger partial charge in [0.15, 0.2) is 0 Å². The third-order valence-electron chi connectivity index (χ3n) is 3.93. The summed E-state index contributed by atoms with van der Waals surface area (Å²) in [7, 11) is 0. The zero-order valence-corrected chi connectivity index (χ0v) is 13.6. The van der Waals surface area contributed by atoms with Crippen molar-refractivity contribution in [2.24, 2.45) is 0 Å². The molecule has 0 fully saturated rings. The first-order valence-corrected chi connectivity index (χ1v) is 7.67. The van der Waals surface area contributed by atoms with Crippen LogP contribution < -0.4 is 5.73 Å². The van der Waals surface area contributed by atoms with Gasteiger partial charge in [0.2, 0.25) is 0 Å². The zero-order valence-electron chi connectivity index (χ0n) is 13.6. The Labute approximate surface area is 150 Å². The normalized spacial score (nSPS) is 12.2. The quantitative estimate of drug-likeness (QED) is 0.549. The minimum Gasteiger partial charge on any atom is -0.384 e. The lowest BCUT2D eigenvalue weighted by Gasteiger charge is -2.13. The highest BCUT2D eigenvalue weighted by molar-refractivity contribution is 5.81. The summed E-state index contributed by atoms with van der Waals surface area (Å²) in [6, 6.07) is 11.8. The molecular formula is C19H12F6N2. The summed E-state index contributed by atoms with van der Waals surface area (Å²) in [6.45, 7) is 0. The lowest BCUT2D eigenvalue weighted by atomic mass is 9.97. The predicted octanol–water partition coefficient (Wildman–Crippen LogP) is 6.04. The van der Waals surface area contributed by atoms with E-state index in [4.69, 9.17) is 5.73 Å². The second kappa shape index (κ2) is 6.61. The van der Waals surface area contributed by atoms with Crippen molar-refractivity contribution in [1.82, 2.24) is 4.98 Å². The van der Waals surface area contributed by atoms with Gasteiger partial charge < -0.3 is 5.73 Å². The molecule has 1 heterocycles. The molecule has 0 saturated heterocycles. The predicted molar refractivity (Wildman–Crippen MR) is 89.5 cm³/mol. The molecule has 0 bridgehead atoms. The fourth-order valence-electron chi connectivity index (χ4n) is 2.58. The molecule has 3 rings (SSSR count). The fraction of sp³-hybridized carbons (Fsp3) is 0.105. The summed E-state index contributed by atoms with van der Waals surface area (Å²) < 4.78 is 76.4. The number of rotatable bonds is 2. The molecular weight excluding hydrogens is 370 g/mol. The van der Waals surface area contributed by atoms with E-state index in [2.05, 4.69) is 4.98 Å². The van der Waals surface area contributed by atoms with Crippen molar-refractivity contribution in [2.75, 3.05) is 5.73 Å². The smallest absolute Gasteiger partial charge is 0.384 e. The first-order valence-electron chi connectivity index (χ1n) is 7.67. The Morgan fingerprint density at radius 1 is 0.593 bits per heavy atom. The molecule has 0 radical (unpaired) electrons. The van der Waals surface area contributed by atoms with Gasteiger partial charge in [-0.25, -0.2) is 4.98 Å². The van der Waals surface area contributed by atoms with Crippen LogP contribution >= 0.6 is 0 Å². The minimum atomic E-state index is -4.47. The third-order valence-corrected chi connectivity index (χ3v) is 3.93. The van der Waals surface area contributed by atoms with E-state index in [-0.39, 0.29) is 11.5 Å². The number of nitrogen functional groups attached to an aromatic ring is 1. The zero-order chi connectivity index (χ0) is 19.8. The molecule has 8 heteroatoms. The molecule has 1 aromatic heterocycles. The van der Waals surface area contributed by atoms with E-state index in [0.717, 1.165) is 24.3 Å². The highest BCUT2D eigenvalue weighted by Crippen LogP contribution is 2.36. The second-order valence-corrected chi connectivity index (χ2v) is 5.78. The van der Waals surface area contributed by atoms with Crippen LogP contribution in [0.25, 0.3) is 22.4 Å². The number of hydrogen-bond donors (Lipinski definition) is 1. The minimum absolute atomic E-state index is 0.139. The van der Waals surface area contributed by atoms with Gasteiger partial charge in [-0.15, -0.1) is 0 Å². The number of pyridine rings is 1. The third kappa shape index (κ3) is 4.05. The SMILES string of the molecule is Nc1ccc(-c2ccc(C(F)(F)F)cc2)c(-c2ccc(C(F)(F)F)cc2)n1. The number of nitrogens with zero attached hydrogens (tertiary/aromatic N) is 1. The van der Waals surface area contributed by atoms with Crippen LogP contribution in [0.4, 0.5) is 32.2 Å². The van der Waals surface area contributed by atoms with Crippen molar-refractivity contribution in [3.8, 4) is 22.4 Å². The van der Waals surface area contributed by atoms with E-state index >= 15 is 0 Å². The number of aromatic nitrogens is 1. The van der Waals surface area contributed by atoms with Crippen molar-refractivity contribution in [2.45, 2.75) is 12.4 Å². The van der Waals surface area contributed by atoms with Crippen molar-refractivity contribution < 1.29 is 26.3 Å². The average Bonchev–Trinajstić information content (AvgIpc) is 2.60. The van der Waals surface area contributed by atoms with Gasteiger partial charge in [-0.05, 0) is 42.0 Å². The average molecular weight is 382 g/mol. The molecule has 3 aromatic rings. The summed E-state index contributed by atoms with van der Waals surface area (Å²) in [5.41, 5.74) is 5.61. The van der Waals surface area contributed by atoms with Crippen LogP contribution in [0, 0.1) is 0 Å². The molecule has 0 atom stereocenters. The number of halogens is 6. The standard InChI is InChI=1S/C19H12F6N2/c20-18(21,22)13-5-1-11(2-6-13)15-9-10-16(26)27-17(15)12-3-7-14(8-4-12)19(23,24)25/h1-10H,(H2,26,27). The van der Waals surface area contributed by atoms with E-state index in [1.807, 2.05) is 0 Å². The molecule has 0 saturated carbocycles. The fourth-order valence-corrected chi connectivity index (χ4v) is 2.58. The second-order valence-electron chi connectivity index (χ2n) is 5.78. The molecule has 0 spiro atoms. The Balaban J connectivity index is 2.06. The topological polar surface area (TPSA) is 38.9 Å². The van der Waals surface area contributed by atoms with Crippen LogP contribution in [0.1, 0.15) is 11.1 Å². The highest BCUT2D eigenvalue weighted by atomic mass is 19.4. The van der Waals surface area contributed by atoms with Gasteiger partial charge in [0, 0.05) is 11.1 Å². The largest absolute Gasteiger partial charge is 0.416 e. The maximum atomic E-state index is 12.7. The maximum absolute atomic E-state index is 12.7. The van der Waals surface area contributed by atoms with Crippen LogP contribution in [0.2, 0.25) is 0 Å². The van der Waals surface area contributed by atoms with E-state index in [1.165, 1.54) is 30.3 Å². The Bertz CT molecular complexity index is 942.